The molecule has 0 aliphatic carbocycles. The van der Waals surface area contributed by atoms with Crippen molar-refractivity contribution in [2.45, 2.75) is 12.4 Å². The lowest BCUT2D eigenvalue weighted by molar-refractivity contribution is -0.137. The summed E-state index contributed by atoms with van der Waals surface area (Å²) in [4.78, 5) is 29.9. The molecule has 0 fully saturated rings. The number of fused-ring (bicyclic) bond motifs is 4. The Labute approximate surface area is 315 Å². The summed E-state index contributed by atoms with van der Waals surface area (Å²) in [6, 6.07) is 41.1. The number of halogens is 6. The number of alkyl halides is 6. The molecule has 10 heteroatoms. The summed E-state index contributed by atoms with van der Waals surface area (Å²) in [5.41, 5.74) is 2.00. The zero-order chi connectivity index (χ0) is 38.9. The number of amides is 2. The van der Waals surface area contributed by atoms with E-state index < -0.39 is 35.3 Å². The number of para-hydroxylation sites is 1. The third-order valence-corrected chi connectivity index (χ3v) is 10.2. The van der Waals surface area contributed by atoms with Gasteiger partial charge < -0.3 is 4.57 Å². The summed E-state index contributed by atoms with van der Waals surface area (Å²) >= 11 is 0. The van der Waals surface area contributed by atoms with Crippen molar-refractivity contribution in [1.82, 2.24) is 4.57 Å². The van der Waals surface area contributed by atoms with Crippen LogP contribution < -0.4 is 4.90 Å². The largest absolute Gasteiger partial charge is 0.417 e. The number of hydrogen-bond donors (Lipinski definition) is 0. The number of nitrogens with zero attached hydrogens (tertiary/aromatic N) is 2. The molecule has 1 aromatic heterocycles. The van der Waals surface area contributed by atoms with Gasteiger partial charge in [-0.1, -0.05) is 103 Å². The Morgan fingerprint density at radius 2 is 0.857 bits per heavy atom. The molecule has 7 aromatic carbocycles. The Hall–Kier alpha value is -6.94. The van der Waals surface area contributed by atoms with Crippen LogP contribution in [0.25, 0.3) is 60.9 Å². The molecule has 0 spiro atoms. The summed E-state index contributed by atoms with van der Waals surface area (Å²) in [5.74, 6) is -1.11. The Morgan fingerprint density at radius 3 is 1.41 bits per heavy atom. The van der Waals surface area contributed by atoms with Gasteiger partial charge in [0.15, 0.2) is 0 Å². The molecule has 1 aliphatic rings. The van der Waals surface area contributed by atoms with Crippen molar-refractivity contribution in [3.8, 4) is 39.1 Å². The molecular weight excluding hydrogens is 727 g/mol. The molecule has 56 heavy (non-hydrogen) atoms. The minimum absolute atomic E-state index is 0.0736. The Balaban J connectivity index is 1.29. The molecule has 0 unspecified atom stereocenters. The van der Waals surface area contributed by atoms with Crippen LogP contribution in [0.3, 0.4) is 0 Å². The zero-order valence-corrected chi connectivity index (χ0v) is 29.0. The van der Waals surface area contributed by atoms with Crippen LogP contribution in [0.4, 0.5) is 32.0 Å². The standard InChI is InChI=1S/C46H26F6N2O2/c47-45(48,49)36-17-7-4-13-30(36)28-21-23-39-34(25-28)35-26-29(31-14-5-8-18-37(31)46(50,51)52)22-24-40(35)53(39)41-20-10-16-33-42(41)44(56)54(43(33)55)38-19-9-6-15-32(38)27-11-2-1-3-12-27/h1-26H. The van der Waals surface area contributed by atoms with E-state index in [9.17, 15) is 35.9 Å². The van der Waals surface area contributed by atoms with Gasteiger partial charge in [-0.05, 0) is 82.4 Å². The number of anilines is 1. The molecule has 9 rings (SSSR count). The highest BCUT2D eigenvalue weighted by molar-refractivity contribution is 6.36. The molecule has 0 saturated heterocycles. The number of aromatic nitrogens is 1. The quantitative estimate of drug-likeness (QED) is 0.130. The predicted octanol–water partition coefficient (Wildman–Crippen LogP) is 12.6. The van der Waals surface area contributed by atoms with Crippen molar-refractivity contribution in [3.05, 3.63) is 180 Å². The monoisotopic (exact) mass is 752 g/mol. The van der Waals surface area contributed by atoms with Gasteiger partial charge in [0, 0.05) is 16.3 Å². The van der Waals surface area contributed by atoms with Gasteiger partial charge in [-0.2, -0.15) is 26.3 Å². The van der Waals surface area contributed by atoms with E-state index in [4.69, 9.17) is 0 Å². The fraction of sp³-hybridized carbons (Fsp3) is 0.0435. The fourth-order valence-corrected chi connectivity index (χ4v) is 7.79. The van der Waals surface area contributed by atoms with E-state index in [2.05, 4.69) is 0 Å². The average molecular weight is 753 g/mol. The highest BCUT2D eigenvalue weighted by atomic mass is 19.4. The first-order valence-electron chi connectivity index (χ1n) is 17.5. The molecule has 274 valence electrons. The third kappa shape index (κ3) is 5.56. The maximum absolute atomic E-state index is 14.6. The number of benzene rings is 7. The first-order chi connectivity index (χ1) is 26.9. The van der Waals surface area contributed by atoms with Gasteiger partial charge in [0.1, 0.15) is 0 Å². The molecule has 0 radical (unpaired) electrons. The van der Waals surface area contributed by atoms with Crippen LogP contribution in [-0.4, -0.2) is 16.4 Å². The van der Waals surface area contributed by atoms with Crippen LogP contribution in [-0.2, 0) is 12.4 Å². The topological polar surface area (TPSA) is 42.3 Å². The van der Waals surface area contributed by atoms with E-state index in [0.29, 0.717) is 38.7 Å². The normalized spacial score (nSPS) is 13.2. The fourth-order valence-electron chi connectivity index (χ4n) is 7.79. The molecule has 0 saturated carbocycles. The van der Waals surface area contributed by atoms with Crippen molar-refractivity contribution in [3.63, 3.8) is 0 Å². The number of imide groups is 1. The second kappa shape index (κ2) is 12.8. The van der Waals surface area contributed by atoms with Crippen molar-refractivity contribution in [2.24, 2.45) is 0 Å². The molecule has 4 nitrogen and oxygen atoms in total. The summed E-state index contributed by atoms with van der Waals surface area (Å²) in [7, 11) is 0. The number of rotatable bonds is 5. The van der Waals surface area contributed by atoms with Gasteiger partial charge in [-0.25, -0.2) is 4.90 Å². The van der Waals surface area contributed by atoms with E-state index in [0.717, 1.165) is 22.6 Å². The van der Waals surface area contributed by atoms with Gasteiger partial charge in [-0.15, -0.1) is 0 Å². The van der Waals surface area contributed by atoms with Gasteiger partial charge >= 0.3 is 12.4 Å². The average Bonchev–Trinajstić information content (AvgIpc) is 3.66. The van der Waals surface area contributed by atoms with Gasteiger partial charge in [0.05, 0.1) is 44.7 Å². The summed E-state index contributed by atoms with van der Waals surface area (Å²) < 4.78 is 87.0. The van der Waals surface area contributed by atoms with Crippen LogP contribution in [0.15, 0.2) is 158 Å². The first kappa shape index (κ1) is 34.8. The Bertz CT molecular complexity index is 2780. The second-order valence-corrected chi connectivity index (χ2v) is 13.4. The van der Waals surface area contributed by atoms with Crippen LogP contribution in [0.1, 0.15) is 31.8 Å². The van der Waals surface area contributed by atoms with E-state index in [1.807, 2.05) is 42.5 Å². The van der Waals surface area contributed by atoms with Crippen LogP contribution in [0.2, 0.25) is 0 Å². The smallest absolute Gasteiger partial charge is 0.308 e. The lowest BCUT2D eigenvalue weighted by atomic mass is 9.96. The minimum atomic E-state index is -4.66. The van der Waals surface area contributed by atoms with Gasteiger partial charge in [0.2, 0.25) is 0 Å². The van der Waals surface area contributed by atoms with Crippen molar-refractivity contribution in [2.75, 3.05) is 4.90 Å². The SMILES string of the molecule is O=C1c2cccc(-n3c4ccc(-c5ccccc5C(F)(F)F)cc4c4cc(-c5ccccc5C(F)(F)F)ccc43)c2C(=O)N1c1ccccc1-c1ccccc1. The van der Waals surface area contributed by atoms with Crippen LogP contribution in [0.5, 0.6) is 0 Å². The molecule has 1 aliphatic heterocycles. The summed E-state index contributed by atoms with van der Waals surface area (Å²) in [6.07, 6.45) is -9.31. The van der Waals surface area contributed by atoms with Gasteiger partial charge in [0.25, 0.3) is 11.8 Å². The zero-order valence-electron chi connectivity index (χ0n) is 29.0. The highest BCUT2D eigenvalue weighted by Gasteiger charge is 2.41. The predicted molar refractivity (Wildman–Crippen MR) is 205 cm³/mol. The highest BCUT2D eigenvalue weighted by Crippen LogP contribution is 2.44. The second-order valence-electron chi connectivity index (χ2n) is 13.4. The molecule has 2 amide bonds. The number of carbonyl (C=O) groups is 2. The lowest BCUT2D eigenvalue weighted by Crippen LogP contribution is -2.30. The van der Waals surface area contributed by atoms with Crippen LogP contribution in [0, 0.1) is 0 Å². The third-order valence-electron chi connectivity index (χ3n) is 10.2. The minimum Gasteiger partial charge on any atom is -0.308 e. The van der Waals surface area contributed by atoms with Crippen LogP contribution >= 0.6 is 0 Å². The molecule has 8 aromatic rings. The maximum Gasteiger partial charge on any atom is 0.417 e. The Kier molecular flexibility index (Phi) is 7.98. The summed E-state index contributed by atoms with van der Waals surface area (Å²) in [6.45, 7) is 0. The van der Waals surface area contributed by atoms with Gasteiger partial charge in [-0.3, -0.25) is 9.59 Å². The van der Waals surface area contributed by atoms with Crippen molar-refractivity contribution in [1.29, 1.82) is 0 Å². The van der Waals surface area contributed by atoms with E-state index in [-0.39, 0.29) is 33.4 Å². The maximum atomic E-state index is 14.6. The van der Waals surface area contributed by atoms with E-state index in [1.165, 1.54) is 36.4 Å². The van der Waals surface area contributed by atoms with Crippen molar-refractivity contribution < 1.29 is 35.9 Å². The molecule has 2 heterocycles. The van der Waals surface area contributed by atoms with E-state index >= 15 is 0 Å². The number of hydrogen-bond acceptors (Lipinski definition) is 2. The molecule has 0 bridgehead atoms. The molecule has 0 atom stereocenters. The number of carbonyl (C=O) groups excluding carboxylic acids is 2. The lowest BCUT2D eigenvalue weighted by Gasteiger charge is -2.18. The summed E-state index contributed by atoms with van der Waals surface area (Å²) in [5, 5.41) is 0.864. The molecule has 0 N–H and O–H groups in total. The van der Waals surface area contributed by atoms with Crippen molar-refractivity contribution >= 4 is 39.3 Å². The Morgan fingerprint density at radius 1 is 0.393 bits per heavy atom. The first-order valence-corrected chi connectivity index (χ1v) is 17.5. The van der Waals surface area contributed by atoms with E-state index in [1.54, 1.807) is 71.3 Å². The molecular formula is C46H26F6N2O2.